The van der Waals surface area contributed by atoms with Gasteiger partial charge in [-0.05, 0) is 28.3 Å². The van der Waals surface area contributed by atoms with Gasteiger partial charge in [-0.1, -0.05) is 20.8 Å². The van der Waals surface area contributed by atoms with Crippen LogP contribution in [-0.2, 0) is 4.74 Å². The smallest absolute Gasteiger partial charge is 0.160 e. The van der Waals surface area contributed by atoms with Crippen molar-refractivity contribution >= 4 is 21.7 Å². The van der Waals surface area contributed by atoms with Gasteiger partial charge >= 0.3 is 0 Å². The third-order valence-corrected chi connectivity index (χ3v) is 2.93. The van der Waals surface area contributed by atoms with Crippen LogP contribution in [-0.4, -0.2) is 23.6 Å². The first-order chi connectivity index (χ1) is 7.90. The molecule has 0 spiro atoms. The van der Waals surface area contributed by atoms with Gasteiger partial charge in [-0.3, -0.25) is 0 Å². The average Bonchev–Trinajstić information content (AvgIpc) is 2.25. The van der Waals surface area contributed by atoms with E-state index in [-0.39, 0.29) is 11.5 Å². The number of halogens is 1. The van der Waals surface area contributed by atoms with E-state index in [1.165, 1.54) is 0 Å². The maximum atomic E-state index is 5.76. The van der Waals surface area contributed by atoms with Crippen LogP contribution < -0.4 is 5.32 Å². The fourth-order valence-electron chi connectivity index (χ4n) is 1.56. The summed E-state index contributed by atoms with van der Waals surface area (Å²) < 4.78 is 6.62. The number of hydrogen-bond acceptors (Lipinski definition) is 4. The van der Waals surface area contributed by atoms with E-state index in [0.717, 1.165) is 10.3 Å². The van der Waals surface area contributed by atoms with Crippen molar-refractivity contribution in [3.8, 4) is 0 Å². The summed E-state index contributed by atoms with van der Waals surface area (Å²) in [4.78, 5) is 8.83. The summed E-state index contributed by atoms with van der Waals surface area (Å²) in [6.45, 7) is 9.00. The molecule has 0 saturated heterocycles. The molecule has 5 heteroatoms. The molecular weight excluding hydrogens is 282 g/mol. The van der Waals surface area contributed by atoms with Crippen LogP contribution >= 0.6 is 15.9 Å². The maximum Gasteiger partial charge on any atom is 0.160 e. The number of hydrogen-bond donors (Lipinski definition) is 1. The Bertz CT molecular complexity index is 377. The van der Waals surface area contributed by atoms with Gasteiger partial charge in [0.15, 0.2) is 5.82 Å². The minimum absolute atomic E-state index is 0.0329. The first-order valence-electron chi connectivity index (χ1n) is 5.72. The molecule has 1 aromatic heterocycles. The zero-order valence-corrected chi connectivity index (χ0v) is 12.6. The van der Waals surface area contributed by atoms with E-state index in [2.05, 4.69) is 52.0 Å². The standard InChI is InChI=1S/C12H20BrN3O/c1-6-17-9(12(2,3)4)11-15-7-8(13)10(14-5)16-11/h7,9H,6H2,1-5H3,(H,14,15,16). The van der Waals surface area contributed by atoms with E-state index in [1.54, 1.807) is 6.20 Å². The van der Waals surface area contributed by atoms with Gasteiger partial charge in [0.2, 0.25) is 0 Å². The average molecular weight is 302 g/mol. The molecule has 1 N–H and O–H groups in total. The number of ether oxygens (including phenoxy) is 1. The lowest BCUT2D eigenvalue weighted by molar-refractivity contribution is -0.0190. The summed E-state index contributed by atoms with van der Waals surface area (Å²) >= 11 is 3.40. The molecule has 1 heterocycles. The van der Waals surface area contributed by atoms with Crippen LogP contribution in [0.3, 0.4) is 0 Å². The van der Waals surface area contributed by atoms with Gasteiger partial charge in [0, 0.05) is 19.9 Å². The first-order valence-corrected chi connectivity index (χ1v) is 6.51. The summed E-state index contributed by atoms with van der Waals surface area (Å²) in [5.41, 5.74) is -0.0329. The van der Waals surface area contributed by atoms with Gasteiger partial charge < -0.3 is 10.1 Å². The highest BCUT2D eigenvalue weighted by Gasteiger charge is 2.29. The minimum Gasteiger partial charge on any atom is -0.372 e. The van der Waals surface area contributed by atoms with Gasteiger partial charge in [0.1, 0.15) is 11.9 Å². The van der Waals surface area contributed by atoms with Crippen LogP contribution in [0.15, 0.2) is 10.7 Å². The van der Waals surface area contributed by atoms with Crippen LogP contribution in [0.1, 0.15) is 39.6 Å². The molecule has 1 unspecified atom stereocenters. The molecule has 1 rings (SSSR count). The molecular formula is C12H20BrN3O. The van der Waals surface area contributed by atoms with Crippen LogP contribution in [0.2, 0.25) is 0 Å². The first kappa shape index (κ1) is 14.4. The Hall–Kier alpha value is -0.680. The highest BCUT2D eigenvalue weighted by atomic mass is 79.9. The van der Waals surface area contributed by atoms with Crippen molar-refractivity contribution in [2.75, 3.05) is 19.0 Å². The molecule has 0 radical (unpaired) electrons. The Morgan fingerprint density at radius 3 is 2.59 bits per heavy atom. The molecule has 0 bridgehead atoms. The van der Waals surface area contributed by atoms with Gasteiger partial charge in [0.05, 0.1) is 4.47 Å². The van der Waals surface area contributed by atoms with Crippen LogP contribution in [0, 0.1) is 5.41 Å². The molecule has 0 aliphatic carbocycles. The Balaban J connectivity index is 3.10. The fourth-order valence-corrected chi connectivity index (χ4v) is 1.95. The van der Waals surface area contributed by atoms with Crippen molar-refractivity contribution in [3.63, 3.8) is 0 Å². The second-order valence-corrected chi connectivity index (χ2v) is 5.73. The minimum atomic E-state index is -0.104. The molecule has 4 nitrogen and oxygen atoms in total. The lowest BCUT2D eigenvalue weighted by Gasteiger charge is -2.29. The summed E-state index contributed by atoms with van der Waals surface area (Å²) in [6, 6.07) is 0. The van der Waals surface area contributed by atoms with Gasteiger partial charge in [-0.2, -0.15) is 0 Å². The van der Waals surface area contributed by atoms with E-state index in [1.807, 2.05) is 14.0 Å². The third kappa shape index (κ3) is 3.64. The molecule has 96 valence electrons. The summed E-state index contributed by atoms with van der Waals surface area (Å²) in [5.74, 6) is 1.50. The predicted octanol–water partition coefficient (Wildman–Crippen LogP) is 3.40. The molecule has 0 amide bonds. The van der Waals surface area contributed by atoms with Crippen molar-refractivity contribution < 1.29 is 4.74 Å². The van der Waals surface area contributed by atoms with E-state index in [0.29, 0.717) is 12.4 Å². The number of aromatic nitrogens is 2. The summed E-state index contributed by atoms with van der Waals surface area (Å²) in [6.07, 6.45) is 1.65. The van der Waals surface area contributed by atoms with Crippen LogP contribution in [0.4, 0.5) is 5.82 Å². The highest BCUT2D eigenvalue weighted by Crippen LogP contribution is 2.35. The largest absolute Gasteiger partial charge is 0.372 e. The quantitative estimate of drug-likeness (QED) is 0.926. The number of nitrogens with zero attached hydrogens (tertiary/aromatic N) is 2. The van der Waals surface area contributed by atoms with Crippen molar-refractivity contribution in [1.82, 2.24) is 9.97 Å². The van der Waals surface area contributed by atoms with Crippen molar-refractivity contribution in [2.45, 2.75) is 33.8 Å². The molecule has 0 fully saturated rings. The van der Waals surface area contributed by atoms with Crippen molar-refractivity contribution in [2.24, 2.45) is 5.41 Å². The van der Waals surface area contributed by atoms with Crippen LogP contribution in [0.25, 0.3) is 0 Å². The summed E-state index contributed by atoms with van der Waals surface area (Å²) in [7, 11) is 1.84. The SMILES string of the molecule is CCOC(c1ncc(Br)c(NC)n1)C(C)(C)C. The van der Waals surface area contributed by atoms with Crippen molar-refractivity contribution in [1.29, 1.82) is 0 Å². The van der Waals surface area contributed by atoms with E-state index in [9.17, 15) is 0 Å². The lowest BCUT2D eigenvalue weighted by Crippen LogP contribution is -2.24. The van der Waals surface area contributed by atoms with E-state index < -0.39 is 0 Å². The Morgan fingerprint density at radius 2 is 2.12 bits per heavy atom. The zero-order chi connectivity index (χ0) is 13.1. The normalized spacial score (nSPS) is 13.5. The molecule has 1 atom stereocenters. The fraction of sp³-hybridized carbons (Fsp3) is 0.667. The Morgan fingerprint density at radius 1 is 1.47 bits per heavy atom. The predicted molar refractivity (Wildman–Crippen MR) is 73.1 cm³/mol. The monoisotopic (exact) mass is 301 g/mol. The molecule has 1 aromatic rings. The zero-order valence-electron chi connectivity index (χ0n) is 11.0. The Labute approximate surface area is 111 Å². The number of anilines is 1. The molecule has 17 heavy (non-hydrogen) atoms. The lowest BCUT2D eigenvalue weighted by atomic mass is 9.88. The van der Waals surface area contributed by atoms with Crippen molar-refractivity contribution in [3.05, 3.63) is 16.5 Å². The van der Waals surface area contributed by atoms with E-state index >= 15 is 0 Å². The molecule has 0 aliphatic rings. The molecule has 0 aliphatic heterocycles. The van der Waals surface area contributed by atoms with Crippen LogP contribution in [0.5, 0.6) is 0 Å². The second kappa shape index (κ2) is 5.78. The van der Waals surface area contributed by atoms with Gasteiger partial charge in [-0.15, -0.1) is 0 Å². The number of rotatable bonds is 4. The van der Waals surface area contributed by atoms with Gasteiger partial charge in [0.25, 0.3) is 0 Å². The van der Waals surface area contributed by atoms with Gasteiger partial charge in [-0.25, -0.2) is 9.97 Å². The highest BCUT2D eigenvalue weighted by molar-refractivity contribution is 9.10. The van der Waals surface area contributed by atoms with E-state index in [4.69, 9.17) is 4.74 Å². The Kier molecular flexibility index (Phi) is 4.89. The number of nitrogens with one attached hydrogen (secondary N) is 1. The summed E-state index contributed by atoms with van der Waals surface area (Å²) in [5, 5.41) is 3.03. The second-order valence-electron chi connectivity index (χ2n) is 4.88. The molecule has 0 saturated carbocycles. The molecule has 0 aromatic carbocycles. The topological polar surface area (TPSA) is 47.0 Å². The third-order valence-electron chi connectivity index (χ3n) is 2.35. The maximum absolute atomic E-state index is 5.76.